The molecular formula is C14H17N3O2. The molecule has 0 atom stereocenters. The Morgan fingerprint density at radius 2 is 2.05 bits per heavy atom. The van der Waals surface area contributed by atoms with Crippen LogP contribution in [0.15, 0.2) is 34.9 Å². The van der Waals surface area contributed by atoms with Gasteiger partial charge in [-0.15, -0.1) is 0 Å². The van der Waals surface area contributed by atoms with Gasteiger partial charge in [0.25, 0.3) is 0 Å². The Morgan fingerprint density at radius 1 is 1.32 bits per heavy atom. The fraction of sp³-hybridized carbons (Fsp3) is 0.429. The van der Waals surface area contributed by atoms with E-state index in [1.165, 1.54) is 5.56 Å². The summed E-state index contributed by atoms with van der Waals surface area (Å²) in [5, 5.41) is 13.6. The van der Waals surface area contributed by atoms with Crippen molar-refractivity contribution >= 4 is 0 Å². The molecule has 0 saturated carbocycles. The van der Waals surface area contributed by atoms with Crippen LogP contribution in [0.4, 0.5) is 0 Å². The second kappa shape index (κ2) is 4.75. The molecule has 1 aromatic carbocycles. The summed E-state index contributed by atoms with van der Waals surface area (Å²) >= 11 is 0. The Kier molecular flexibility index (Phi) is 3.08. The van der Waals surface area contributed by atoms with E-state index in [0.29, 0.717) is 37.8 Å². The Morgan fingerprint density at radius 3 is 2.74 bits per heavy atom. The highest BCUT2D eigenvalue weighted by molar-refractivity contribution is 5.18. The van der Waals surface area contributed by atoms with E-state index in [4.69, 9.17) is 4.52 Å². The van der Waals surface area contributed by atoms with Gasteiger partial charge in [0, 0.05) is 19.5 Å². The predicted molar refractivity (Wildman–Crippen MR) is 69.4 cm³/mol. The third-order valence-electron chi connectivity index (χ3n) is 3.20. The standard InChI is InChI=1S/C14H17N3O2/c1-14(18)9-17(10-14)8-13-15-12(16-19-13)7-11-5-3-2-4-6-11/h2-6,18H,7-10H2,1H3. The number of nitrogens with zero attached hydrogens (tertiary/aromatic N) is 3. The maximum absolute atomic E-state index is 9.65. The van der Waals surface area contributed by atoms with Gasteiger partial charge in [0.2, 0.25) is 5.89 Å². The zero-order valence-corrected chi connectivity index (χ0v) is 10.9. The first-order valence-corrected chi connectivity index (χ1v) is 6.41. The molecule has 3 rings (SSSR count). The lowest BCUT2D eigenvalue weighted by atomic mass is 9.97. The number of rotatable bonds is 4. The van der Waals surface area contributed by atoms with Crippen LogP contribution in [-0.2, 0) is 13.0 Å². The summed E-state index contributed by atoms with van der Waals surface area (Å²) in [6, 6.07) is 10.1. The van der Waals surface area contributed by atoms with Crippen molar-refractivity contribution in [2.45, 2.75) is 25.5 Å². The molecule has 0 radical (unpaired) electrons. The van der Waals surface area contributed by atoms with Crippen molar-refractivity contribution in [2.24, 2.45) is 0 Å². The van der Waals surface area contributed by atoms with Crippen LogP contribution in [0, 0.1) is 0 Å². The lowest BCUT2D eigenvalue weighted by Gasteiger charge is -2.43. The van der Waals surface area contributed by atoms with E-state index in [1.54, 1.807) is 0 Å². The van der Waals surface area contributed by atoms with Crippen LogP contribution in [0.2, 0.25) is 0 Å². The van der Waals surface area contributed by atoms with Crippen LogP contribution in [0.5, 0.6) is 0 Å². The molecule has 0 bridgehead atoms. The van der Waals surface area contributed by atoms with Gasteiger partial charge in [0.1, 0.15) is 0 Å². The van der Waals surface area contributed by atoms with E-state index >= 15 is 0 Å². The third kappa shape index (κ3) is 3.00. The van der Waals surface area contributed by atoms with Crippen LogP contribution in [0.3, 0.4) is 0 Å². The van der Waals surface area contributed by atoms with Gasteiger partial charge >= 0.3 is 0 Å². The monoisotopic (exact) mass is 259 g/mol. The molecule has 0 unspecified atom stereocenters. The van der Waals surface area contributed by atoms with Crippen molar-refractivity contribution in [3.63, 3.8) is 0 Å². The summed E-state index contributed by atoms with van der Waals surface area (Å²) in [5.74, 6) is 1.31. The highest BCUT2D eigenvalue weighted by Crippen LogP contribution is 2.21. The van der Waals surface area contributed by atoms with E-state index in [1.807, 2.05) is 37.3 Å². The Balaban J connectivity index is 1.58. The van der Waals surface area contributed by atoms with Crippen LogP contribution < -0.4 is 0 Å². The average Bonchev–Trinajstić information content (AvgIpc) is 2.75. The fourth-order valence-corrected chi connectivity index (χ4v) is 2.42. The Labute approximate surface area is 111 Å². The number of benzene rings is 1. The molecule has 5 heteroatoms. The van der Waals surface area contributed by atoms with E-state index in [-0.39, 0.29) is 0 Å². The zero-order chi connectivity index (χ0) is 13.3. The molecule has 5 nitrogen and oxygen atoms in total. The average molecular weight is 259 g/mol. The normalized spacial score (nSPS) is 18.2. The summed E-state index contributed by atoms with van der Waals surface area (Å²) in [4.78, 5) is 6.46. The first-order valence-electron chi connectivity index (χ1n) is 6.41. The topological polar surface area (TPSA) is 62.4 Å². The second-order valence-corrected chi connectivity index (χ2v) is 5.41. The number of hydrogen-bond acceptors (Lipinski definition) is 5. The predicted octanol–water partition coefficient (Wildman–Crippen LogP) is 1.23. The van der Waals surface area contributed by atoms with Crippen molar-refractivity contribution in [3.8, 4) is 0 Å². The van der Waals surface area contributed by atoms with Crippen LogP contribution in [0.25, 0.3) is 0 Å². The van der Waals surface area contributed by atoms with E-state index in [9.17, 15) is 5.11 Å². The molecule has 0 spiro atoms. The van der Waals surface area contributed by atoms with E-state index in [2.05, 4.69) is 15.0 Å². The molecule has 1 saturated heterocycles. The summed E-state index contributed by atoms with van der Waals surface area (Å²) in [6.45, 7) is 3.75. The van der Waals surface area contributed by atoms with Gasteiger partial charge in [0.05, 0.1) is 12.1 Å². The van der Waals surface area contributed by atoms with Crippen molar-refractivity contribution in [1.29, 1.82) is 0 Å². The van der Waals surface area contributed by atoms with E-state index < -0.39 is 5.60 Å². The van der Waals surface area contributed by atoms with Gasteiger partial charge in [-0.05, 0) is 12.5 Å². The Bertz CT molecular complexity index is 543. The molecule has 2 aromatic rings. The van der Waals surface area contributed by atoms with Gasteiger partial charge in [-0.2, -0.15) is 4.98 Å². The van der Waals surface area contributed by atoms with Crippen molar-refractivity contribution in [3.05, 3.63) is 47.6 Å². The van der Waals surface area contributed by atoms with Crippen LogP contribution >= 0.6 is 0 Å². The maximum Gasteiger partial charge on any atom is 0.240 e. The molecule has 0 aliphatic carbocycles. The van der Waals surface area contributed by atoms with Crippen molar-refractivity contribution in [1.82, 2.24) is 15.0 Å². The maximum atomic E-state index is 9.65. The summed E-state index contributed by atoms with van der Waals surface area (Å²) in [6.07, 6.45) is 0.683. The number of aromatic nitrogens is 2. The lowest BCUT2D eigenvalue weighted by molar-refractivity contribution is -0.0901. The van der Waals surface area contributed by atoms with Gasteiger partial charge in [0.15, 0.2) is 5.82 Å². The highest BCUT2D eigenvalue weighted by atomic mass is 16.5. The number of hydrogen-bond donors (Lipinski definition) is 1. The minimum atomic E-state index is -0.563. The zero-order valence-electron chi connectivity index (χ0n) is 10.9. The fourth-order valence-electron chi connectivity index (χ4n) is 2.42. The summed E-state index contributed by atoms with van der Waals surface area (Å²) < 4.78 is 5.23. The smallest absolute Gasteiger partial charge is 0.240 e. The molecule has 1 fully saturated rings. The van der Waals surface area contributed by atoms with Crippen molar-refractivity contribution in [2.75, 3.05) is 13.1 Å². The van der Waals surface area contributed by atoms with Crippen LogP contribution in [-0.4, -0.2) is 38.8 Å². The Hall–Kier alpha value is -1.72. The molecule has 1 aromatic heterocycles. The number of β-amino-alcohol motifs (C(OH)–C–C–N with tert-alkyl or cyclic N) is 1. The SMILES string of the molecule is CC1(O)CN(Cc2nc(Cc3ccccc3)no2)C1. The molecule has 100 valence electrons. The third-order valence-corrected chi connectivity index (χ3v) is 3.20. The van der Waals surface area contributed by atoms with Crippen LogP contribution in [0.1, 0.15) is 24.2 Å². The molecule has 19 heavy (non-hydrogen) atoms. The quantitative estimate of drug-likeness (QED) is 0.894. The largest absolute Gasteiger partial charge is 0.388 e. The first kappa shape index (κ1) is 12.3. The van der Waals surface area contributed by atoms with E-state index in [0.717, 1.165) is 0 Å². The van der Waals surface area contributed by atoms with Gasteiger partial charge in [-0.1, -0.05) is 35.5 Å². The second-order valence-electron chi connectivity index (χ2n) is 5.41. The minimum Gasteiger partial charge on any atom is -0.388 e. The number of likely N-dealkylation sites (tertiary alicyclic amines) is 1. The molecule has 0 amide bonds. The van der Waals surface area contributed by atoms with Crippen molar-refractivity contribution < 1.29 is 9.63 Å². The number of aliphatic hydroxyl groups is 1. The molecule has 2 heterocycles. The molecule has 1 N–H and O–H groups in total. The molecular weight excluding hydrogens is 242 g/mol. The first-order chi connectivity index (χ1) is 9.11. The van der Waals surface area contributed by atoms with Gasteiger partial charge in [-0.3, -0.25) is 4.90 Å². The summed E-state index contributed by atoms with van der Waals surface area (Å²) in [5.41, 5.74) is 0.606. The highest BCUT2D eigenvalue weighted by Gasteiger charge is 2.37. The van der Waals surface area contributed by atoms with Gasteiger partial charge in [-0.25, -0.2) is 0 Å². The molecule has 1 aliphatic rings. The summed E-state index contributed by atoms with van der Waals surface area (Å²) in [7, 11) is 0. The lowest BCUT2D eigenvalue weighted by Crippen LogP contribution is -2.59. The minimum absolute atomic E-state index is 0.563. The van der Waals surface area contributed by atoms with Gasteiger partial charge < -0.3 is 9.63 Å². The molecule has 1 aliphatic heterocycles.